The first-order chi connectivity index (χ1) is 11.2. The third-order valence-electron chi connectivity index (χ3n) is 4.00. The van der Waals surface area contributed by atoms with Crippen molar-refractivity contribution in [3.8, 4) is 11.3 Å². The van der Waals surface area contributed by atoms with Crippen LogP contribution in [0.3, 0.4) is 0 Å². The van der Waals surface area contributed by atoms with Crippen molar-refractivity contribution in [3.63, 3.8) is 0 Å². The summed E-state index contributed by atoms with van der Waals surface area (Å²) in [5.41, 5.74) is 5.10. The molecule has 3 aromatic rings. The summed E-state index contributed by atoms with van der Waals surface area (Å²) >= 11 is 0. The van der Waals surface area contributed by atoms with Gasteiger partial charge in [-0.1, -0.05) is 37.6 Å². The lowest BCUT2D eigenvalue weighted by Crippen LogP contribution is -2.08. The molecule has 2 N–H and O–H groups in total. The predicted molar refractivity (Wildman–Crippen MR) is 96.1 cm³/mol. The van der Waals surface area contributed by atoms with E-state index in [1.807, 2.05) is 23.8 Å². The summed E-state index contributed by atoms with van der Waals surface area (Å²) in [5.74, 6) is 0.975. The number of rotatable bonds is 6. The SMILES string of the molecule is CCCCNc1cc(-c2ccccc2C)nc2c(NC)cnn12. The number of nitrogens with zero attached hydrogens (tertiary/aromatic N) is 3. The van der Waals surface area contributed by atoms with Crippen LogP contribution in [0.25, 0.3) is 16.9 Å². The van der Waals surface area contributed by atoms with Crippen molar-refractivity contribution in [1.82, 2.24) is 14.6 Å². The molecule has 23 heavy (non-hydrogen) atoms. The zero-order chi connectivity index (χ0) is 16.2. The van der Waals surface area contributed by atoms with E-state index in [-0.39, 0.29) is 0 Å². The van der Waals surface area contributed by atoms with Crippen LogP contribution >= 0.6 is 0 Å². The van der Waals surface area contributed by atoms with Crippen molar-refractivity contribution in [2.45, 2.75) is 26.7 Å². The fourth-order valence-corrected chi connectivity index (χ4v) is 2.66. The van der Waals surface area contributed by atoms with Gasteiger partial charge in [-0.25, -0.2) is 4.98 Å². The number of fused-ring (bicyclic) bond motifs is 1. The summed E-state index contributed by atoms with van der Waals surface area (Å²) in [4.78, 5) is 4.82. The lowest BCUT2D eigenvalue weighted by Gasteiger charge is -2.12. The quantitative estimate of drug-likeness (QED) is 0.677. The second kappa shape index (κ2) is 6.69. The highest BCUT2D eigenvalue weighted by molar-refractivity contribution is 5.75. The van der Waals surface area contributed by atoms with Gasteiger partial charge in [0.2, 0.25) is 0 Å². The summed E-state index contributed by atoms with van der Waals surface area (Å²) in [6, 6.07) is 10.4. The second-order valence-electron chi connectivity index (χ2n) is 5.67. The van der Waals surface area contributed by atoms with Gasteiger partial charge < -0.3 is 10.6 Å². The van der Waals surface area contributed by atoms with Gasteiger partial charge in [0.25, 0.3) is 0 Å². The molecule has 0 saturated heterocycles. The molecule has 0 fully saturated rings. The molecular weight excluding hydrogens is 286 g/mol. The molecule has 0 aliphatic carbocycles. The Balaban J connectivity index is 2.13. The third kappa shape index (κ3) is 2.99. The first kappa shape index (κ1) is 15.3. The molecule has 0 atom stereocenters. The minimum absolute atomic E-state index is 0.840. The Hall–Kier alpha value is -2.56. The number of hydrogen-bond acceptors (Lipinski definition) is 4. The fourth-order valence-electron chi connectivity index (χ4n) is 2.66. The number of unbranched alkanes of at least 4 members (excludes halogenated alkanes) is 1. The van der Waals surface area contributed by atoms with Crippen LogP contribution < -0.4 is 10.6 Å². The highest BCUT2D eigenvalue weighted by Gasteiger charge is 2.12. The Morgan fingerprint density at radius 2 is 2.04 bits per heavy atom. The van der Waals surface area contributed by atoms with E-state index in [1.165, 1.54) is 5.56 Å². The van der Waals surface area contributed by atoms with E-state index in [4.69, 9.17) is 4.98 Å². The van der Waals surface area contributed by atoms with Crippen LogP contribution in [0.5, 0.6) is 0 Å². The first-order valence-corrected chi connectivity index (χ1v) is 8.11. The molecule has 1 aromatic carbocycles. The van der Waals surface area contributed by atoms with Crippen LogP contribution in [-0.2, 0) is 0 Å². The molecular formula is C18H23N5. The summed E-state index contributed by atoms with van der Waals surface area (Å²) < 4.78 is 1.86. The number of aryl methyl sites for hydroxylation is 1. The van der Waals surface area contributed by atoms with E-state index in [9.17, 15) is 0 Å². The van der Waals surface area contributed by atoms with Gasteiger partial charge in [-0.15, -0.1) is 0 Å². The van der Waals surface area contributed by atoms with Crippen LogP contribution in [0.4, 0.5) is 11.5 Å². The smallest absolute Gasteiger partial charge is 0.181 e. The summed E-state index contributed by atoms with van der Waals surface area (Å²) in [7, 11) is 1.89. The second-order valence-corrected chi connectivity index (χ2v) is 5.67. The lowest BCUT2D eigenvalue weighted by molar-refractivity contribution is 0.820. The van der Waals surface area contributed by atoms with Gasteiger partial charge in [-0.2, -0.15) is 9.61 Å². The number of anilines is 2. The van der Waals surface area contributed by atoms with Crippen LogP contribution in [-0.4, -0.2) is 28.2 Å². The van der Waals surface area contributed by atoms with Gasteiger partial charge >= 0.3 is 0 Å². The normalized spacial score (nSPS) is 10.9. The average molecular weight is 309 g/mol. The average Bonchev–Trinajstić information content (AvgIpc) is 2.98. The minimum Gasteiger partial charge on any atom is -0.384 e. The molecule has 3 rings (SSSR count). The summed E-state index contributed by atoms with van der Waals surface area (Å²) in [5, 5.41) is 11.1. The maximum atomic E-state index is 4.82. The molecule has 2 aromatic heterocycles. The number of aromatic nitrogens is 3. The van der Waals surface area contributed by atoms with Gasteiger partial charge in [0.05, 0.1) is 17.6 Å². The predicted octanol–water partition coefficient (Wildman–Crippen LogP) is 3.96. The molecule has 5 nitrogen and oxygen atoms in total. The molecule has 0 amide bonds. The van der Waals surface area contributed by atoms with Crippen molar-refractivity contribution >= 4 is 17.2 Å². The van der Waals surface area contributed by atoms with E-state index in [2.05, 4.69) is 53.8 Å². The van der Waals surface area contributed by atoms with Gasteiger partial charge in [-0.05, 0) is 18.9 Å². The Bertz CT molecular complexity index is 806. The molecule has 0 saturated carbocycles. The van der Waals surface area contributed by atoms with Gasteiger partial charge in [-0.3, -0.25) is 0 Å². The van der Waals surface area contributed by atoms with Crippen LogP contribution in [0.15, 0.2) is 36.5 Å². The van der Waals surface area contributed by atoms with Crippen molar-refractivity contribution < 1.29 is 0 Å². The zero-order valence-corrected chi connectivity index (χ0v) is 13.9. The Morgan fingerprint density at radius 1 is 1.22 bits per heavy atom. The Labute approximate surface area is 136 Å². The summed E-state index contributed by atoms with van der Waals surface area (Å²) in [6.07, 6.45) is 4.10. The summed E-state index contributed by atoms with van der Waals surface area (Å²) in [6.45, 7) is 5.23. The van der Waals surface area contributed by atoms with Crippen molar-refractivity contribution in [2.75, 3.05) is 24.2 Å². The highest BCUT2D eigenvalue weighted by Crippen LogP contribution is 2.27. The van der Waals surface area contributed by atoms with E-state index in [0.717, 1.165) is 47.8 Å². The molecule has 5 heteroatoms. The van der Waals surface area contributed by atoms with Crippen molar-refractivity contribution in [2.24, 2.45) is 0 Å². The van der Waals surface area contributed by atoms with Gasteiger partial charge in [0.1, 0.15) is 5.82 Å². The topological polar surface area (TPSA) is 54.2 Å². The maximum Gasteiger partial charge on any atom is 0.181 e. The van der Waals surface area contributed by atoms with Gasteiger partial charge in [0.15, 0.2) is 5.65 Å². The molecule has 120 valence electrons. The molecule has 0 radical (unpaired) electrons. The van der Waals surface area contributed by atoms with E-state index in [1.54, 1.807) is 0 Å². The molecule has 0 bridgehead atoms. The molecule has 0 unspecified atom stereocenters. The lowest BCUT2D eigenvalue weighted by atomic mass is 10.1. The molecule has 0 aliphatic heterocycles. The fraction of sp³-hybridized carbons (Fsp3) is 0.333. The van der Waals surface area contributed by atoms with Crippen molar-refractivity contribution in [1.29, 1.82) is 0 Å². The minimum atomic E-state index is 0.840. The molecule has 0 aliphatic rings. The zero-order valence-electron chi connectivity index (χ0n) is 13.9. The Kier molecular flexibility index (Phi) is 4.46. The van der Waals surface area contributed by atoms with Crippen molar-refractivity contribution in [3.05, 3.63) is 42.1 Å². The van der Waals surface area contributed by atoms with Crippen LogP contribution in [0.1, 0.15) is 25.3 Å². The standard InChI is InChI=1S/C18H23N5/c1-4-5-10-20-17-11-15(14-9-7-6-8-13(14)2)22-18-16(19-3)12-21-23(17)18/h6-9,11-12,19-20H,4-5,10H2,1-3H3. The maximum absolute atomic E-state index is 4.82. The monoisotopic (exact) mass is 309 g/mol. The number of benzene rings is 1. The first-order valence-electron chi connectivity index (χ1n) is 8.11. The van der Waals surface area contributed by atoms with E-state index >= 15 is 0 Å². The number of nitrogens with one attached hydrogen (secondary N) is 2. The van der Waals surface area contributed by atoms with Gasteiger partial charge in [0, 0.05) is 25.2 Å². The largest absolute Gasteiger partial charge is 0.384 e. The third-order valence-corrected chi connectivity index (χ3v) is 4.00. The van der Waals surface area contributed by atoms with Crippen LogP contribution in [0.2, 0.25) is 0 Å². The van der Waals surface area contributed by atoms with Crippen LogP contribution in [0, 0.1) is 6.92 Å². The van der Waals surface area contributed by atoms with E-state index < -0.39 is 0 Å². The molecule has 2 heterocycles. The number of hydrogen-bond donors (Lipinski definition) is 2. The Morgan fingerprint density at radius 3 is 2.78 bits per heavy atom. The highest BCUT2D eigenvalue weighted by atomic mass is 15.3. The van der Waals surface area contributed by atoms with E-state index in [0.29, 0.717) is 0 Å². The molecule has 0 spiro atoms.